The number of carbonyl (C=O) groups is 1. The molecule has 0 spiro atoms. The maximum absolute atomic E-state index is 12.1. The van der Waals surface area contributed by atoms with Crippen molar-refractivity contribution in [3.05, 3.63) is 4.88 Å². The summed E-state index contributed by atoms with van der Waals surface area (Å²) in [6.45, 7) is 3.78. The second kappa shape index (κ2) is 6.23. The van der Waals surface area contributed by atoms with Crippen LogP contribution < -0.4 is 16.0 Å². The minimum Gasteiger partial charge on any atom is -0.382 e. The van der Waals surface area contributed by atoms with Crippen LogP contribution >= 0.6 is 11.3 Å². The smallest absolute Gasteiger partial charge is 0.265 e. The molecule has 5 nitrogen and oxygen atoms in total. The number of nitrogens with one attached hydrogen (secondary N) is 1. The van der Waals surface area contributed by atoms with Crippen LogP contribution in [-0.4, -0.2) is 31.0 Å². The highest BCUT2D eigenvalue weighted by Gasteiger charge is 2.21. The van der Waals surface area contributed by atoms with Crippen LogP contribution in [0.15, 0.2) is 0 Å². The van der Waals surface area contributed by atoms with Crippen molar-refractivity contribution in [2.75, 3.05) is 30.8 Å². The number of nitrogens with zero attached hydrogens (tertiary/aromatic N) is 2. The van der Waals surface area contributed by atoms with Gasteiger partial charge in [-0.05, 0) is 25.2 Å². The Balaban J connectivity index is 1.96. The quantitative estimate of drug-likeness (QED) is 0.838. The summed E-state index contributed by atoms with van der Waals surface area (Å²) in [7, 11) is 1.97. The van der Waals surface area contributed by atoms with E-state index in [1.165, 1.54) is 30.6 Å². The fraction of sp³-hybridized carbons (Fsp3) is 0.692. The number of thiazole rings is 1. The standard InChI is InChI=1S/C13H22N4OS/c1-3-7-17(2)13-16-11(14)10(19-13)12(18)15-8-9-5-4-6-9/h9H,3-8,14H2,1-2H3,(H,15,18). The number of anilines is 2. The molecule has 0 unspecified atom stereocenters. The third kappa shape index (κ3) is 3.37. The Bertz CT molecular complexity index is 442. The highest BCUT2D eigenvalue weighted by atomic mass is 32.1. The number of hydrogen-bond donors (Lipinski definition) is 2. The molecule has 1 aliphatic rings. The monoisotopic (exact) mass is 282 g/mol. The van der Waals surface area contributed by atoms with Crippen molar-refractivity contribution in [3.8, 4) is 0 Å². The van der Waals surface area contributed by atoms with Crippen molar-refractivity contribution in [1.82, 2.24) is 10.3 Å². The summed E-state index contributed by atoms with van der Waals surface area (Å²) >= 11 is 1.37. The number of aromatic nitrogens is 1. The molecule has 0 radical (unpaired) electrons. The number of hydrogen-bond acceptors (Lipinski definition) is 5. The van der Waals surface area contributed by atoms with Gasteiger partial charge in [-0.1, -0.05) is 24.7 Å². The molecule has 2 rings (SSSR count). The Kier molecular flexibility index (Phi) is 4.63. The molecule has 1 amide bonds. The third-order valence-electron chi connectivity index (χ3n) is 3.51. The Labute approximate surface area is 118 Å². The lowest BCUT2D eigenvalue weighted by molar-refractivity contribution is 0.0944. The zero-order valence-electron chi connectivity index (χ0n) is 11.6. The molecule has 1 aromatic heterocycles. The Morgan fingerprint density at radius 2 is 2.32 bits per heavy atom. The fourth-order valence-corrected chi connectivity index (χ4v) is 2.98. The summed E-state index contributed by atoms with van der Waals surface area (Å²) in [6, 6.07) is 0. The van der Waals surface area contributed by atoms with Crippen LogP contribution in [0.1, 0.15) is 42.3 Å². The first-order chi connectivity index (χ1) is 9.11. The molecule has 0 atom stereocenters. The van der Waals surface area contributed by atoms with E-state index in [4.69, 9.17) is 5.73 Å². The predicted molar refractivity (Wildman–Crippen MR) is 79.8 cm³/mol. The minimum atomic E-state index is -0.0851. The molecule has 1 fully saturated rings. The molecule has 3 N–H and O–H groups in total. The van der Waals surface area contributed by atoms with Gasteiger partial charge in [-0.2, -0.15) is 0 Å². The summed E-state index contributed by atoms with van der Waals surface area (Å²) in [5.74, 6) is 0.910. The molecule has 1 aliphatic carbocycles. The summed E-state index contributed by atoms with van der Waals surface area (Å²) < 4.78 is 0. The van der Waals surface area contributed by atoms with Gasteiger partial charge < -0.3 is 16.0 Å². The first-order valence-corrected chi connectivity index (χ1v) is 7.69. The van der Waals surface area contributed by atoms with Crippen LogP contribution in [0.25, 0.3) is 0 Å². The lowest BCUT2D eigenvalue weighted by Crippen LogP contribution is -2.32. The van der Waals surface area contributed by atoms with Gasteiger partial charge in [0.15, 0.2) is 5.13 Å². The molecule has 0 saturated heterocycles. The number of nitrogen functional groups attached to an aromatic ring is 1. The number of nitrogens with two attached hydrogens (primary N) is 1. The molecule has 0 aliphatic heterocycles. The van der Waals surface area contributed by atoms with Crippen LogP contribution in [-0.2, 0) is 0 Å². The van der Waals surface area contributed by atoms with Gasteiger partial charge >= 0.3 is 0 Å². The van der Waals surface area contributed by atoms with Crippen LogP contribution in [0.2, 0.25) is 0 Å². The lowest BCUT2D eigenvalue weighted by atomic mass is 9.85. The topological polar surface area (TPSA) is 71.2 Å². The highest BCUT2D eigenvalue weighted by Crippen LogP contribution is 2.28. The van der Waals surface area contributed by atoms with Crippen molar-refractivity contribution < 1.29 is 4.79 Å². The number of carbonyl (C=O) groups excluding carboxylic acids is 1. The maximum atomic E-state index is 12.1. The van der Waals surface area contributed by atoms with E-state index >= 15 is 0 Å². The van der Waals surface area contributed by atoms with Gasteiger partial charge in [0.05, 0.1) is 0 Å². The highest BCUT2D eigenvalue weighted by molar-refractivity contribution is 7.18. The van der Waals surface area contributed by atoms with Crippen molar-refractivity contribution >= 4 is 28.2 Å². The van der Waals surface area contributed by atoms with Crippen molar-refractivity contribution in [2.45, 2.75) is 32.6 Å². The van der Waals surface area contributed by atoms with E-state index in [-0.39, 0.29) is 5.91 Å². The van der Waals surface area contributed by atoms with Crippen LogP contribution in [0.5, 0.6) is 0 Å². The normalized spacial score (nSPS) is 15.1. The van der Waals surface area contributed by atoms with Gasteiger partial charge in [0, 0.05) is 20.1 Å². The van der Waals surface area contributed by atoms with E-state index in [0.29, 0.717) is 16.6 Å². The second-order valence-corrected chi connectivity index (χ2v) is 6.12. The van der Waals surface area contributed by atoms with Gasteiger partial charge in [-0.3, -0.25) is 4.79 Å². The van der Waals surface area contributed by atoms with Gasteiger partial charge in [-0.25, -0.2) is 4.98 Å². The molecule has 106 valence electrons. The summed E-state index contributed by atoms with van der Waals surface area (Å²) in [5, 5.41) is 3.77. The van der Waals surface area contributed by atoms with E-state index in [2.05, 4.69) is 17.2 Å². The predicted octanol–water partition coefficient (Wildman–Crippen LogP) is 2.10. The Hall–Kier alpha value is -1.30. The molecular formula is C13H22N4OS. The average molecular weight is 282 g/mol. The zero-order chi connectivity index (χ0) is 13.8. The van der Waals surface area contributed by atoms with E-state index in [1.807, 2.05) is 11.9 Å². The number of rotatable bonds is 6. The van der Waals surface area contributed by atoms with Crippen LogP contribution in [0, 0.1) is 5.92 Å². The maximum Gasteiger partial charge on any atom is 0.265 e. The largest absolute Gasteiger partial charge is 0.382 e. The van der Waals surface area contributed by atoms with E-state index < -0.39 is 0 Å². The first-order valence-electron chi connectivity index (χ1n) is 6.87. The Morgan fingerprint density at radius 1 is 1.58 bits per heavy atom. The SMILES string of the molecule is CCCN(C)c1nc(N)c(C(=O)NCC2CCC2)s1. The average Bonchev–Trinajstić information content (AvgIpc) is 2.69. The lowest BCUT2D eigenvalue weighted by Gasteiger charge is -2.25. The fourth-order valence-electron chi connectivity index (χ4n) is 2.09. The minimum absolute atomic E-state index is 0.0851. The third-order valence-corrected chi connectivity index (χ3v) is 4.69. The molecule has 0 aromatic carbocycles. The molecule has 6 heteroatoms. The van der Waals surface area contributed by atoms with Crippen LogP contribution in [0.4, 0.5) is 10.9 Å². The van der Waals surface area contributed by atoms with Gasteiger partial charge in [0.1, 0.15) is 10.7 Å². The molecule has 0 bridgehead atoms. The van der Waals surface area contributed by atoms with Crippen molar-refractivity contribution in [1.29, 1.82) is 0 Å². The van der Waals surface area contributed by atoms with Crippen molar-refractivity contribution in [3.63, 3.8) is 0 Å². The Morgan fingerprint density at radius 3 is 2.89 bits per heavy atom. The molecular weight excluding hydrogens is 260 g/mol. The molecule has 1 aromatic rings. The summed E-state index contributed by atoms with van der Waals surface area (Å²) in [6.07, 6.45) is 4.78. The van der Waals surface area contributed by atoms with E-state index in [0.717, 1.165) is 24.6 Å². The molecule has 1 saturated carbocycles. The van der Waals surface area contributed by atoms with Gasteiger partial charge in [0.25, 0.3) is 5.91 Å². The number of amides is 1. The van der Waals surface area contributed by atoms with Crippen molar-refractivity contribution in [2.24, 2.45) is 5.92 Å². The molecule has 1 heterocycles. The van der Waals surface area contributed by atoms with E-state index in [9.17, 15) is 4.79 Å². The van der Waals surface area contributed by atoms with Gasteiger partial charge in [0.2, 0.25) is 0 Å². The first kappa shape index (κ1) is 14.1. The summed E-state index contributed by atoms with van der Waals surface area (Å²) in [5.41, 5.74) is 5.84. The second-order valence-electron chi connectivity index (χ2n) is 5.14. The zero-order valence-corrected chi connectivity index (χ0v) is 12.4. The van der Waals surface area contributed by atoms with E-state index in [1.54, 1.807) is 0 Å². The van der Waals surface area contributed by atoms with Gasteiger partial charge in [-0.15, -0.1) is 0 Å². The molecule has 19 heavy (non-hydrogen) atoms. The summed E-state index contributed by atoms with van der Waals surface area (Å²) in [4.78, 5) is 18.9. The van der Waals surface area contributed by atoms with Crippen LogP contribution in [0.3, 0.4) is 0 Å².